The van der Waals surface area contributed by atoms with Gasteiger partial charge < -0.3 is 10.2 Å². The predicted octanol–water partition coefficient (Wildman–Crippen LogP) is 4.98. The molecule has 0 spiro atoms. The van der Waals surface area contributed by atoms with E-state index in [2.05, 4.69) is 42.8 Å². The minimum Gasteiger partial charge on any atom is -0.338 e. The number of carbonyl (C=O) groups excluding carboxylic acids is 2. The lowest BCUT2D eigenvalue weighted by Crippen LogP contribution is -2.31. The SMILES string of the molecule is CCN(CC)C(=O)c1cc(SNC(=O)Nc2c(C(C)C)cccc2C(C)C)nn1C. The average molecular weight is 432 g/mol. The first kappa shape index (κ1) is 23.8. The van der Waals surface area contributed by atoms with Gasteiger partial charge in [-0.1, -0.05) is 45.9 Å². The highest BCUT2D eigenvalue weighted by Gasteiger charge is 2.19. The van der Waals surface area contributed by atoms with E-state index in [9.17, 15) is 9.59 Å². The molecular weight excluding hydrogens is 398 g/mol. The zero-order chi connectivity index (χ0) is 22.4. The summed E-state index contributed by atoms with van der Waals surface area (Å²) in [4.78, 5) is 26.9. The maximum absolute atomic E-state index is 12.6. The Hall–Kier alpha value is -2.48. The summed E-state index contributed by atoms with van der Waals surface area (Å²) in [6.45, 7) is 13.6. The van der Waals surface area contributed by atoms with E-state index in [-0.39, 0.29) is 23.8 Å². The largest absolute Gasteiger partial charge is 0.338 e. The van der Waals surface area contributed by atoms with Crippen LogP contribution < -0.4 is 10.0 Å². The van der Waals surface area contributed by atoms with E-state index >= 15 is 0 Å². The molecule has 0 aliphatic rings. The maximum atomic E-state index is 12.6. The first-order valence-corrected chi connectivity index (χ1v) is 11.2. The number of aryl methyl sites for hydroxylation is 1. The van der Waals surface area contributed by atoms with Gasteiger partial charge in [0.15, 0.2) is 0 Å². The van der Waals surface area contributed by atoms with Crippen molar-refractivity contribution in [1.29, 1.82) is 0 Å². The molecule has 2 rings (SSSR count). The monoisotopic (exact) mass is 431 g/mol. The van der Waals surface area contributed by atoms with Gasteiger partial charge in [0.2, 0.25) is 0 Å². The van der Waals surface area contributed by atoms with Gasteiger partial charge in [-0.05, 0) is 36.8 Å². The predicted molar refractivity (Wildman–Crippen MR) is 123 cm³/mol. The Labute approximate surface area is 183 Å². The van der Waals surface area contributed by atoms with Crippen molar-refractivity contribution in [2.45, 2.75) is 58.4 Å². The van der Waals surface area contributed by atoms with E-state index in [1.54, 1.807) is 22.7 Å². The van der Waals surface area contributed by atoms with Crippen LogP contribution in [0.1, 0.15) is 75.0 Å². The van der Waals surface area contributed by atoms with Gasteiger partial charge in [0.05, 0.1) is 0 Å². The van der Waals surface area contributed by atoms with E-state index in [1.807, 2.05) is 32.0 Å². The highest BCUT2D eigenvalue weighted by molar-refractivity contribution is 7.97. The van der Waals surface area contributed by atoms with Crippen molar-refractivity contribution in [3.63, 3.8) is 0 Å². The third-order valence-corrected chi connectivity index (χ3v) is 5.68. The lowest BCUT2D eigenvalue weighted by Gasteiger charge is -2.20. The lowest BCUT2D eigenvalue weighted by atomic mass is 9.93. The van der Waals surface area contributed by atoms with Crippen molar-refractivity contribution in [3.8, 4) is 0 Å². The molecule has 8 heteroatoms. The number of amides is 3. The molecule has 0 atom stereocenters. The Morgan fingerprint density at radius 3 is 2.17 bits per heavy atom. The van der Waals surface area contributed by atoms with Gasteiger partial charge in [-0.15, -0.1) is 0 Å². The zero-order valence-corrected chi connectivity index (χ0v) is 19.8. The van der Waals surface area contributed by atoms with E-state index in [4.69, 9.17) is 0 Å². The molecule has 0 fully saturated rings. The highest BCUT2D eigenvalue weighted by atomic mass is 32.2. The molecule has 3 amide bonds. The molecule has 0 aliphatic heterocycles. The fourth-order valence-corrected chi connectivity index (χ4v) is 3.88. The quantitative estimate of drug-likeness (QED) is 0.578. The van der Waals surface area contributed by atoms with Crippen LogP contribution in [0.15, 0.2) is 29.3 Å². The number of rotatable bonds is 8. The summed E-state index contributed by atoms with van der Waals surface area (Å²) >= 11 is 1.09. The second kappa shape index (κ2) is 10.5. The Kier molecular flexibility index (Phi) is 8.34. The van der Waals surface area contributed by atoms with Gasteiger partial charge in [-0.3, -0.25) is 14.2 Å². The summed E-state index contributed by atoms with van der Waals surface area (Å²) in [6.07, 6.45) is 0. The van der Waals surface area contributed by atoms with Gasteiger partial charge in [0.1, 0.15) is 10.7 Å². The molecule has 0 unspecified atom stereocenters. The van der Waals surface area contributed by atoms with E-state index in [1.165, 1.54) is 0 Å². The number of benzene rings is 1. The van der Waals surface area contributed by atoms with Crippen LogP contribution in [-0.2, 0) is 7.05 Å². The van der Waals surface area contributed by atoms with Crippen LogP contribution in [0.4, 0.5) is 10.5 Å². The number of para-hydroxylation sites is 1. The molecule has 0 saturated heterocycles. The van der Waals surface area contributed by atoms with Gasteiger partial charge in [-0.25, -0.2) is 4.79 Å². The first-order valence-electron chi connectivity index (χ1n) is 10.4. The van der Waals surface area contributed by atoms with Crippen LogP contribution in [0.2, 0.25) is 0 Å². The molecular formula is C22H33N5O2S. The van der Waals surface area contributed by atoms with Crippen LogP contribution in [0.25, 0.3) is 0 Å². The Bertz CT molecular complexity index is 861. The van der Waals surface area contributed by atoms with Crippen LogP contribution in [0.5, 0.6) is 0 Å². The Morgan fingerprint density at radius 1 is 1.10 bits per heavy atom. The normalized spacial score (nSPS) is 11.1. The molecule has 1 aromatic carbocycles. The molecule has 2 aromatic rings. The van der Waals surface area contributed by atoms with E-state index in [0.717, 1.165) is 28.8 Å². The third kappa shape index (κ3) is 5.56. The summed E-state index contributed by atoms with van der Waals surface area (Å²) in [5, 5.41) is 7.91. The Balaban J connectivity index is 2.11. The number of urea groups is 1. The van der Waals surface area contributed by atoms with Crippen molar-refractivity contribution in [2.24, 2.45) is 7.05 Å². The second-order valence-corrected chi connectivity index (χ2v) is 8.57. The average Bonchev–Trinajstić information content (AvgIpc) is 3.07. The fraction of sp³-hybridized carbons (Fsp3) is 0.500. The summed E-state index contributed by atoms with van der Waals surface area (Å²) in [7, 11) is 1.73. The highest BCUT2D eigenvalue weighted by Crippen LogP contribution is 2.32. The number of carbonyl (C=O) groups is 2. The zero-order valence-electron chi connectivity index (χ0n) is 18.9. The molecule has 30 heavy (non-hydrogen) atoms. The smallest absolute Gasteiger partial charge is 0.329 e. The molecule has 7 nitrogen and oxygen atoms in total. The molecule has 0 bridgehead atoms. The fourth-order valence-electron chi connectivity index (χ4n) is 3.30. The van der Waals surface area contributed by atoms with Crippen LogP contribution in [-0.4, -0.2) is 39.7 Å². The van der Waals surface area contributed by atoms with E-state index in [0.29, 0.717) is 23.8 Å². The van der Waals surface area contributed by atoms with Gasteiger partial charge in [-0.2, -0.15) is 5.10 Å². The minimum absolute atomic E-state index is 0.0706. The number of hydrogen-bond donors (Lipinski definition) is 2. The number of nitrogens with zero attached hydrogens (tertiary/aromatic N) is 3. The standard InChI is InChI=1S/C22H33N5O2S/c1-8-27(9-2)21(28)18-13-19(24-26(18)7)30-25-22(29)23-20-16(14(3)4)11-10-12-17(20)15(5)6/h10-15H,8-9H2,1-7H3,(H2,23,25,29). The summed E-state index contributed by atoms with van der Waals surface area (Å²) in [6, 6.07) is 7.50. The Morgan fingerprint density at radius 2 is 1.67 bits per heavy atom. The molecule has 0 radical (unpaired) electrons. The summed E-state index contributed by atoms with van der Waals surface area (Å²) in [5.41, 5.74) is 3.56. The number of anilines is 1. The molecule has 1 heterocycles. The van der Waals surface area contributed by atoms with Crippen molar-refractivity contribution in [2.75, 3.05) is 18.4 Å². The first-order chi connectivity index (χ1) is 14.2. The van der Waals surface area contributed by atoms with Crippen molar-refractivity contribution in [1.82, 2.24) is 19.4 Å². The van der Waals surface area contributed by atoms with Crippen molar-refractivity contribution in [3.05, 3.63) is 41.1 Å². The molecule has 0 saturated carbocycles. The third-order valence-electron chi connectivity index (χ3n) is 4.99. The number of aromatic nitrogens is 2. The molecule has 164 valence electrons. The topological polar surface area (TPSA) is 79.3 Å². The minimum atomic E-state index is -0.322. The van der Waals surface area contributed by atoms with Gasteiger partial charge >= 0.3 is 6.03 Å². The summed E-state index contributed by atoms with van der Waals surface area (Å²) < 4.78 is 4.33. The lowest BCUT2D eigenvalue weighted by molar-refractivity contribution is 0.0762. The number of nitrogens with one attached hydrogen (secondary N) is 2. The maximum Gasteiger partial charge on any atom is 0.329 e. The van der Waals surface area contributed by atoms with Gasteiger partial charge in [0.25, 0.3) is 5.91 Å². The van der Waals surface area contributed by atoms with Crippen LogP contribution in [0.3, 0.4) is 0 Å². The molecule has 1 aromatic heterocycles. The second-order valence-electron chi connectivity index (χ2n) is 7.75. The van der Waals surface area contributed by atoms with Crippen molar-refractivity contribution >= 4 is 29.6 Å². The molecule has 0 aliphatic carbocycles. The van der Waals surface area contributed by atoms with Crippen LogP contribution in [0, 0.1) is 0 Å². The van der Waals surface area contributed by atoms with Crippen molar-refractivity contribution < 1.29 is 9.59 Å². The molecule has 2 N–H and O–H groups in total. The van der Waals surface area contributed by atoms with Crippen LogP contribution >= 0.6 is 11.9 Å². The summed E-state index contributed by atoms with van der Waals surface area (Å²) in [5.74, 6) is 0.505. The van der Waals surface area contributed by atoms with E-state index < -0.39 is 0 Å². The number of hydrogen-bond acceptors (Lipinski definition) is 4. The van der Waals surface area contributed by atoms with Gasteiger partial charge in [0, 0.05) is 43.8 Å².